The third-order valence-electron chi connectivity index (χ3n) is 5.97. The van der Waals surface area contributed by atoms with Crippen molar-refractivity contribution >= 4 is 22.6 Å². The van der Waals surface area contributed by atoms with Gasteiger partial charge in [-0.25, -0.2) is 9.97 Å². The first-order valence-electron chi connectivity index (χ1n) is 11.0. The van der Waals surface area contributed by atoms with Crippen LogP contribution in [0.25, 0.3) is 33.4 Å². The largest absolute Gasteiger partial charge is 0.382 e. The van der Waals surface area contributed by atoms with Crippen LogP contribution in [0, 0.1) is 6.92 Å². The summed E-state index contributed by atoms with van der Waals surface area (Å²) in [5.74, 6) is -0.280. The van der Waals surface area contributed by atoms with Crippen molar-refractivity contribution < 1.29 is 4.79 Å². The van der Waals surface area contributed by atoms with Gasteiger partial charge < -0.3 is 15.6 Å². The SMILES string of the molecule is Cc1ccc(CNC(=O)c2nc(-c3ccc4ncccc4c3)c(-c3ccccc3)nc2N)n1C. The molecule has 0 fully saturated rings. The zero-order chi connectivity index (χ0) is 23.7. The molecule has 0 aliphatic rings. The molecule has 168 valence electrons. The summed E-state index contributed by atoms with van der Waals surface area (Å²) in [6.45, 7) is 2.38. The molecule has 3 heterocycles. The number of nitrogen functional groups attached to an aromatic ring is 1. The fourth-order valence-electron chi connectivity index (χ4n) is 3.94. The van der Waals surface area contributed by atoms with Gasteiger partial charge in [-0.15, -0.1) is 0 Å². The molecule has 34 heavy (non-hydrogen) atoms. The Morgan fingerprint density at radius 2 is 1.74 bits per heavy atom. The van der Waals surface area contributed by atoms with Gasteiger partial charge in [0.2, 0.25) is 0 Å². The summed E-state index contributed by atoms with van der Waals surface area (Å²) in [6, 6.07) is 23.5. The van der Waals surface area contributed by atoms with Crippen LogP contribution in [-0.4, -0.2) is 25.4 Å². The molecular weight excluding hydrogens is 424 g/mol. The Labute approximate surface area is 197 Å². The van der Waals surface area contributed by atoms with Crippen molar-refractivity contribution in [2.45, 2.75) is 13.5 Å². The predicted molar refractivity (Wildman–Crippen MR) is 134 cm³/mol. The van der Waals surface area contributed by atoms with Gasteiger partial charge in [0.25, 0.3) is 5.91 Å². The third kappa shape index (κ3) is 3.99. The number of carbonyl (C=O) groups excluding carboxylic acids is 1. The first-order chi connectivity index (χ1) is 16.5. The molecular formula is C27H24N6O. The van der Waals surface area contributed by atoms with Crippen molar-refractivity contribution in [2.24, 2.45) is 7.05 Å². The maximum absolute atomic E-state index is 13.1. The van der Waals surface area contributed by atoms with Gasteiger partial charge in [-0.3, -0.25) is 9.78 Å². The standard InChI is InChI=1S/C27H24N6O/c1-17-10-12-21(33(17)2)16-30-27(34)25-26(28)32-23(18-7-4-3-5-8-18)24(31-25)20-11-13-22-19(15-20)9-6-14-29-22/h3-15H,16H2,1-2H3,(H2,28,32)(H,30,34). The van der Waals surface area contributed by atoms with E-state index in [1.165, 1.54) is 0 Å². The molecule has 2 aromatic carbocycles. The number of benzene rings is 2. The Bertz CT molecular complexity index is 1510. The number of aromatic nitrogens is 4. The molecule has 0 spiro atoms. The molecule has 5 aromatic rings. The Balaban J connectivity index is 1.58. The van der Waals surface area contributed by atoms with E-state index in [-0.39, 0.29) is 17.4 Å². The summed E-state index contributed by atoms with van der Waals surface area (Å²) in [6.07, 6.45) is 1.76. The fourth-order valence-corrected chi connectivity index (χ4v) is 3.94. The summed E-state index contributed by atoms with van der Waals surface area (Å²) in [7, 11) is 1.96. The summed E-state index contributed by atoms with van der Waals surface area (Å²) < 4.78 is 2.03. The molecule has 0 radical (unpaired) electrons. The lowest BCUT2D eigenvalue weighted by Crippen LogP contribution is -2.26. The van der Waals surface area contributed by atoms with E-state index in [4.69, 9.17) is 10.7 Å². The van der Waals surface area contributed by atoms with Gasteiger partial charge >= 0.3 is 0 Å². The maximum Gasteiger partial charge on any atom is 0.274 e. The van der Waals surface area contributed by atoms with Gasteiger partial charge in [0.1, 0.15) is 0 Å². The number of aryl methyl sites for hydroxylation is 1. The van der Waals surface area contributed by atoms with Gasteiger partial charge in [0, 0.05) is 41.1 Å². The Morgan fingerprint density at radius 1 is 0.941 bits per heavy atom. The number of amides is 1. The van der Waals surface area contributed by atoms with Gasteiger partial charge in [-0.05, 0) is 37.3 Å². The second-order valence-corrected chi connectivity index (χ2v) is 8.14. The highest BCUT2D eigenvalue weighted by molar-refractivity contribution is 5.98. The number of hydrogen-bond donors (Lipinski definition) is 2. The predicted octanol–water partition coefficient (Wildman–Crippen LogP) is 4.52. The number of anilines is 1. The Kier molecular flexibility index (Phi) is 5.51. The fraction of sp³-hybridized carbons (Fsp3) is 0.111. The molecule has 0 bridgehead atoms. The molecule has 0 saturated heterocycles. The van der Waals surface area contributed by atoms with Gasteiger partial charge in [0.15, 0.2) is 11.5 Å². The van der Waals surface area contributed by atoms with Gasteiger partial charge in [-0.1, -0.05) is 42.5 Å². The number of pyridine rings is 1. The molecule has 5 rings (SSSR count). The number of hydrogen-bond acceptors (Lipinski definition) is 5. The van der Waals surface area contributed by atoms with Crippen molar-refractivity contribution in [1.29, 1.82) is 0 Å². The van der Waals surface area contributed by atoms with Crippen LogP contribution in [0.2, 0.25) is 0 Å². The molecule has 0 aliphatic heterocycles. The smallest absolute Gasteiger partial charge is 0.274 e. The van der Waals surface area contributed by atoms with E-state index < -0.39 is 0 Å². The molecule has 3 N–H and O–H groups in total. The minimum atomic E-state index is -0.368. The van der Waals surface area contributed by atoms with Crippen LogP contribution in [0.5, 0.6) is 0 Å². The van der Waals surface area contributed by atoms with E-state index in [2.05, 4.69) is 15.3 Å². The van der Waals surface area contributed by atoms with Crippen molar-refractivity contribution in [1.82, 2.24) is 24.8 Å². The van der Waals surface area contributed by atoms with E-state index in [1.807, 2.05) is 91.3 Å². The second kappa shape index (κ2) is 8.78. The lowest BCUT2D eigenvalue weighted by molar-refractivity contribution is 0.0946. The number of rotatable bonds is 5. The molecule has 0 saturated carbocycles. The lowest BCUT2D eigenvalue weighted by Gasteiger charge is -2.14. The Hall–Kier alpha value is -4.52. The van der Waals surface area contributed by atoms with Crippen molar-refractivity contribution in [3.8, 4) is 22.5 Å². The summed E-state index contributed by atoms with van der Waals surface area (Å²) in [5, 5.41) is 3.90. The average molecular weight is 449 g/mol. The molecule has 0 unspecified atom stereocenters. The minimum Gasteiger partial charge on any atom is -0.382 e. The van der Waals surface area contributed by atoms with Crippen LogP contribution >= 0.6 is 0 Å². The average Bonchev–Trinajstić information content (AvgIpc) is 3.19. The third-order valence-corrected chi connectivity index (χ3v) is 5.97. The molecule has 0 atom stereocenters. The van der Waals surface area contributed by atoms with Crippen LogP contribution in [0.4, 0.5) is 5.82 Å². The van der Waals surface area contributed by atoms with Crippen LogP contribution in [0.3, 0.4) is 0 Å². The quantitative estimate of drug-likeness (QED) is 0.412. The highest BCUT2D eigenvalue weighted by Crippen LogP contribution is 2.32. The summed E-state index contributed by atoms with van der Waals surface area (Å²) in [5.41, 5.74) is 12.2. The molecule has 0 aliphatic carbocycles. The second-order valence-electron chi connectivity index (χ2n) is 8.14. The van der Waals surface area contributed by atoms with Gasteiger partial charge in [0.05, 0.1) is 23.4 Å². The van der Waals surface area contributed by atoms with E-state index >= 15 is 0 Å². The number of fused-ring (bicyclic) bond motifs is 1. The van der Waals surface area contributed by atoms with E-state index in [1.54, 1.807) is 6.20 Å². The normalized spacial score (nSPS) is 11.0. The van der Waals surface area contributed by atoms with Crippen molar-refractivity contribution in [2.75, 3.05) is 5.73 Å². The monoisotopic (exact) mass is 448 g/mol. The topological polar surface area (TPSA) is 98.7 Å². The van der Waals surface area contributed by atoms with Crippen LogP contribution in [-0.2, 0) is 13.6 Å². The highest BCUT2D eigenvalue weighted by Gasteiger charge is 2.20. The molecule has 1 amide bonds. The van der Waals surface area contributed by atoms with Crippen molar-refractivity contribution in [3.05, 3.63) is 96.1 Å². The molecule has 3 aromatic heterocycles. The minimum absolute atomic E-state index is 0.0885. The first-order valence-corrected chi connectivity index (χ1v) is 11.0. The highest BCUT2D eigenvalue weighted by atomic mass is 16.1. The van der Waals surface area contributed by atoms with Crippen LogP contribution in [0.15, 0.2) is 79.0 Å². The zero-order valence-corrected chi connectivity index (χ0v) is 19.0. The Morgan fingerprint density at radius 3 is 2.50 bits per heavy atom. The lowest BCUT2D eigenvalue weighted by atomic mass is 10.0. The molecule has 7 heteroatoms. The van der Waals surface area contributed by atoms with E-state index in [0.29, 0.717) is 17.9 Å². The number of nitrogens with one attached hydrogen (secondary N) is 1. The van der Waals surface area contributed by atoms with Crippen LogP contribution in [0.1, 0.15) is 21.9 Å². The van der Waals surface area contributed by atoms with Crippen LogP contribution < -0.4 is 11.1 Å². The number of carbonyl (C=O) groups is 1. The number of nitrogens with two attached hydrogens (primary N) is 1. The summed E-state index contributed by atoms with van der Waals surface area (Å²) >= 11 is 0. The van der Waals surface area contributed by atoms with E-state index in [0.717, 1.165) is 33.4 Å². The van der Waals surface area contributed by atoms with Crippen molar-refractivity contribution in [3.63, 3.8) is 0 Å². The van der Waals surface area contributed by atoms with E-state index in [9.17, 15) is 4.79 Å². The zero-order valence-electron chi connectivity index (χ0n) is 19.0. The maximum atomic E-state index is 13.1. The first kappa shape index (κ1) is 21.3. The summed E-state index contributed by atoms with van der Waals surface area (Å²) in [4.78, 5) is 26.9. The molecule has 7 nitrogen and oxygen atoms in total. The van der Waals surface area contributed by atoms with Gasteiger partial charge in [-0.2, -0.15) is 0 Å². The number of nitrogens with zero attached hydrogens (tertiary/aromatic N) is 4.